The minimum absolute atomic E-state index is 0.192. The van der Waals surface area contributed by atoms with Gasteiger partial charge >= 0.3 is 5.97 Å². The van der Waals surface area contributed by atoms with Gasteiger partial charge in [-0.25, -0.2) is 4.79 Å². The lowest BCUT2D eigenvalue weighted by Crippen LogP contribution is -1.97. The Morgan fingerprint density at radius 1 is 1.70 bits per heavy atom. The number of carbonyl (C=O) groups is 1. The zero-order valence-corrected chi connectivity index (χ0v) is 5.07. The summed E-state index contributed by atoms with van der Waals surface area (Å²) in [4.78, 5) is 10.2. The van der Waals surface area contributed by atoms with Crippen LogP contribution in [-0.2, 0) is 6.61 Å². The number of aliphatic hydroxyl groups excluding tert-OH is 1. The summed E-state index contributed by atoms with van der Waals surface area (Å²) in [6.07, 6.45) is 1.23. The Labute approximate surface area is 56.7 Å². The van der Waals surface area contributed by atoms with E-state index in [-0.39, 0.29) is 12.4 Å². The fraction of sp³-hybridized carbons (Fsp3) is 0.167. The van der Waals surface area contributed by atoms with Crippen molar-refractivity contribution in [3.8, 4) is 0 Å². The van der Waals surface area contributed by atoms with E-state index in [1.807, 2.05) is 0 Å². The number of carboxylic acids is 1. The first-order chi connectivity index (χ1) is 4.75. The Hall–Kier alpha value is -1.29. The largest absolute Gasteiger partial charge is 0.475 e. The van der Waals surface area contributed by atoms with Gasteiger partial charge in [-0.1, -0.05) is 0 Å². The predicted molar refractivity (Wildman–Crippen MR) is 31.6 cm³/mol. The van der Waals surface area contributed by atoms with Gasteiger partial charge in [-0.15, -0.1) is 0 Å². The SMILES string of the molecule is O=C(O)c1occc1CO. The summed E-state index contributed by atoms with van der Waals surface area (Å²) in [6, 6.07) is 1.42. The van der Waals surface area contributed by atoms with Gasteiger partial charge in [-0.3, -0.25) is 0 Å². The van der Waals surface area contributed by atoms with Gasteiger partial charge < -0.3 is 14.6 Å². The van der Waals surface area contributed by atoms with Crippen LogP contribution in [0.1, 0.15) is 16.1 Å². The van der Waals surface area contributed by atoms with Crippen molar-refractivity contribution in [3.05, 3.63) is 23.7 Å². The number of aliphatic hydroxyl groups is 1. The zero-order chi connectivity index (χ0) is 7.56. The number of hydrogen-bond acceptors (Lipinski definition) is 3. The van der Waals surface area contributed by atoms with E-state index in [4.69, 9.17) is 10.2 Å². The molecule has 0 spiro atoms. The molecule has 0 amide bonds. The molecule has 0 aliphatic carbocycles. The Morgan fingerprint density at radius 3 is 2.80 bits per heavy atom. The summed E-state index contributed by atoms with van der Waals surface area (Å²) in [5, 5.41) is 16.9. The number of rotatable bonds is 2. The lowest BCUT2D eigenvalue weighted by Gasteiger charge is -1.89. The van der Waals surface area contributed by atoms with Gasteiger partial charge in [0.15, 0.2) is 0 Å². The monoisotopic (exact) mass is 142 g/mol. The van der Waals surface area contributed by atoms with Crippen molar-refractivity contribution in [2.75, 3.05) is 0 Å². The van der Waals surface area contributed by atoms with E-state index in [0.717, 1.165) is 0 Å². The Kier molecular flexibility index (Phi) is 1.73. The van der Waals surface area contributed by atoms with E-state index in [1.165, 1.54) is 12.3 Å². The maximum atomic E-state index is 10.2. The van der Waals surface area contributed by atoms with Gasteiger partial charge in [0.05, 0.1) is 12.9 Å². The second-order valence-electron chi connectivity index (χ2n) is 1.74. The maximum absolute atomic E-state index is 10.2. The van der Waals surface area contributed by atoms with E-state index >= 15 is 0 Å². The van der Waals surface area contributed by atoms with Crippen LogP contribution < -0.4 is 0 Å². The van der Waals surface area contributed by atoms with Crippen LogP contribution in [0.4, 0.5) is 0 Å². The van der Waals surface area contributed by atoms with Gasteiger partial charge in [0.1, 0.15) is 0 Å². The molecule has 0 unspecified atom stereocenters. The second-order valence-corrected chi connectivity index (χ2v) is 1.74. The first kappa shape index (κ1) is 6.82. The molecule has 0 saturated heterocycles. The summed E-state index contributed by atoms with van der Waals surface area (Å²) in [7, 11) is 0. The topological polar surface area (TPSA) is 70.7 Å². The van der Waals surface area contributed by atoms with Crippen molar-refractivity contribution >= 4 is 5.97 Å². The third-order valence-electron chi connectivity index (χ3n) is 1.11. The maximum Gasteiger partial charge on any atom is 0.372 e. The first-order valence-electron chi connectivity index (χ1n) is 2.66. The molecule has 0 aliphatic rings. The van der Waals surface area contributed by atoms with E-state index in [9.17, 15) is 4.79 Å². The van der Waals surface area contributed by atoms with Crippen LogP contribution in [0.25, 0.3) is 0 Å². The lowest BCUT2D eigenvalue weighted by atomic mass is 10.3. The summed E-state index contributed by atoms with van der Waals surface area (Å²) in [6.45, 7) is -0.307. The summed E-state index contributed by atoms with van der Waals surface area (Å²) in [5.41, 5.74) is 0.299. The minimum Gasteiger partial charge on any atom is -0.475 e. The molecule has 4 heteroatoms. The van der Waals surface area contributed by atoms with E-state index in [1.54, 1.807) is 0 Å². The molecule has 1 rings (SSSR count). The summed E-state index contributed by atoms with van der Waals surface area (Å²) >= 11 is 0. The van der Waals surface area contributed by atoms with Crippen LogP contribution in [0.3, 0.4) is 0 Å². The molecule has 1 heterocycles. The van der Waals surface area contributed by atoms with Crippen molar-refractivity contribution in [2.24, 2.45) is 0 Å². The predicted octanol–water partition coefficient (Wildman–Crippen LogP) is 0.470. The highest BCUT2D eigenvalue weighted by Crippen LogP contribution is 2.09. The number of carboxylic acid groups (broad SMARTS) is 1. The van der Waals surface area contributed by atoms with E-state index in [2.05, 4.69) is 4.42 Å². The Bertz CT molecular complexity index is 238. The molecule has 4 nitrogen and oxygen atoms in total. The van der Waals surface area contributed by atoms with Crippen molar-refractivity contribution in [2.45, 2.75) is 6.61 Å². The van der Waals surface area contributed by atoms with Gasteiger partial charge in [0.25, 0.3) is 0 Å². The second kappa shape index (κ2) is 2.53. The molecular formula is C6H6O4. The molecule has 54 valence electrons. The highest BCUT2D eigenvalue weighted by atomic mass is 16.4. The van der Waals surface area contributed by atoms with Crippen molar-refractivity contribution < 1.29 is 19.4 Å². The molecule has 0 aliphatic heterocycles. The van der Waals surface area contributed by atoms with Crippen LogP contribution in [-0.4, -0.2) is 16.2 Å². The van der Waals surface area contributed by atoms with E-state index in [0.29, 0.717) is 5.56 Å². The van der Waals surface area contributed by atoms with Crippen molar-refractivity contribution in [1.29, 1.82) is 0 Å². The number of hydrogen-bond donors (Lipinski definition) is 2. The molecule has 1 aromatic heterocycles. The highest BCUT2D eigenvalue weighted by molar-refractivity contribution is 5.85. The quantitative estimate of drug-likeness (QED) is 0.629. The molecule has 0 aromatic carbocycles. The molecule has 0 atom stereocenters. The average Bonchev–Trinajstić information content (AvgIpc) is 2.33. The molecule has 0 bridgehead atoms. The summed E-state index contributed by atoms with van der Waals surface area (Å²) in [5.74, 6) is -1.35. The summed E-state index contributed by atoms with van der Waals surface area (Å²) < 4.78 is 4.56. The van der Waals surface area contributed by atoms with Crippen LogP contribution in [0.2, 0.25) is 0 Å². The van der Waals surface area contributed by atoms with Gasteiger partial charge in [-0.05, 0) is 6.07 Å². The molecular weight excluding hydrogens is 136 g/mol. The lowest BCUT2D eigenvalue weighted by molar-refractivity contribution is 0.0657. The molecule has 0 saturated carbocycles. The van der Waals surface area contributed by atoms with Crippen molar-refractivity contribution in [1.82, 2.24) is 0 Å². The Morgan fingerprint density at radius 2 is 2.40 bits per heavy atom. The minimum atomic E-state index is -1.16. The third kappa shape index (κ3) is 1.01. The molecule has 10 heavy (non-hydrogen) atoms. The van der Waals surface area contributed by atoms with Crippen LogP contribution >= 0.6 is 0 Å². The van der Waals surface area contributed by atoms with Crippen LogP contribution in [0, 0.1) is 0 Å². The van der Waals surface area contributed by atoms with Gasteiger partial charge in [0.2, 0.25) is 5.76 Å². The molecule has 0 fully saturated rings. The number of aromatic carboxylic acids is 1. The third-order valence-corrected chi connectivity index (χ3v) is 1.11. The zero-order valence-electron chi connectivity index (χ0n) is 5.07. The normalized spacial score (nSPS) is 9.70. The molecule has 0 radical (unpaired) electrons. The number of furan rings is 1. The smallest absolute Gasteiger partial charge is 0.372 e. The Balaban J connectivity index is 3.01. The first-order valence-corrected chi connectivity index (χ1v) is 2.66. The van der Waals surface area contributed by atoms with Gasteiger partial charge in [-0.2, -0.15) is 0 Å². The average molecular weight is 142 g/mol. The van der Waals surface area contributed by atoms with Crippen LogP contribution in [0.15, 0.2) is 16.7 Å². The van der Waals surface area contributed by atoms with Gasteiger partial charge in [0, 0.05) is 5.56 Å². The fourth-order valence-electron chi connectivity index (χ4n) is 0.648. The highest BCUT2D eigenvalue weighted by Gasteiger charge is 2.11. The van der Waals surface area contributed by atoms with E-state index < -0.39 is 5.97 Å². The molecule has 1 aromatic rings. The molecule has 2 N–H and O–H groups in total. The van der Waals surface area contributed by atoms with Crippen LogP contribution in [0.5, 0.6) is 0 Å². The van der Waals surface area contributed by atoms with Crippen molar-refractivity contribution in [3.63, 3.8) is 0 Å². The standard InChI is InChI=1S/C6H6O4/c7-3-4-1-2-10-5(4)6(8)9/h1-2,7H,3H2,(H,8,9). The fourth-order valence-corrected chi connectivity index (χ4v) is 0.648.